The highest BCUT2D eigenvalue weighted by molar-refractivity contribution is 8.00. The average molecular weight is 298 g/mol. The molecular formula is C13H22N4O2S. The van der Waals surface area contributed by atoms with E-state index in [1.54, 1.807) is 25.3 Å². The smallest absolute Gasteiger partial charge is 0.220 e. The van der Waals surface area contributed by atoms with E-state index < -0.39 is 0 Å². The van der Waals surface area contributed by atoms with Crippen LogP contribution in [0.3, 0.4) is 0 Å². The van der Waals surface area contributed by atoms with Gasteiger partial charge in [0.1, 0.15) is 0 Å². The lowest BCUT2D eigenvalue weighted by Crippen LogP contribution is -2.16. The summed E-state index contributed by atoms with van der Waals surface area (Å²) in [6.07, 6.45) is 1.91. The molecule has 0 saturated carbocycles. The molecule has 0 aliphatic heterocycles. The van der Waals surface area contributed by atoms with Crippen molar-refractivity contribution in [1.82, 2.24) is 15.0 Å². The van der Waals surface area contributed by atoms with E-state index in [0.29, 0.717) is 22.8 Å². The van der Waals surface area contributed by atoms with Crippen molar-refractivity contribution in [2.45, 2.75) is 24.3 Å². The summed E-state index contributed by atoms with van der Waals surface area (Å²) in [4.78, 5) is 8.65. The van der Waals surface area contributed by atoms with Gasteiger partial charge in [0.05, 0.1) is 25.5 Å². The van der Waals surface area contributed by atoms with E-state index in [1.165, 1.54) is 11.8 Å². The first-order valence-electron chi connectivity index (χ1n) is 6.31. The van der Waals surface area contributed by atoms with E-state index in [-0.39, 0.29) is 5.25 Å². The molecule has 1 heterocycles. The van der Waals surface area contributed by atoms with Gasteiger partial charge in [-0.25, -0.2) is 0 Å². The molecule has 1 rings (SSSR count). The summed E-state index contributed by atoms with van der Waals surface area (Å²) in [5.74, 6) is 1.39. The number of hydrogen-bond acceptors (Lipinski definition) is 7. The van der Waals surface area contributed by atoms with Crippen LogP contribution in [0, 0.1) is 5.92 Å². The summed E-state index contributed by atoms with van der Waals surface area (Å²) >= 11 is 1.54. The van der Waals surface area contributed by atoms with Crippen LogP contribution in [0.1, 0.15) is 13.8 Å². The van der Waals surface area contributed by atoms with Gasteiger partial charge in [-0.05, 0) is 5.92 Å². The average Bonchev–Trinajstić information content (AvgIpc) is 2.42. The molecule has 20 heavy (non-hydrogen) atoms. The number of rotatable bonds is 7. The van der Waals surface area contributed by atoms with Gasteiger partial charge in [0.2, 0.25) is 11.8 Å². The molecule has 7 heteroatoms. The highest BCUT2D eigenvalue weighted by Crippen LogP contribution is 2.27. The Balaban J connectivity index is 2.92. The quantitative estimate of drug-likeness (QED) is 0.333. The number of ether oxygens (including phenoxy) is 2. The second-order valence-electron chi connectivity index (χ2n) is 4.67. The monoisotopic (exact) mass is 298 g/mol. The Morgan fingerprint density at radius 2 is 1.75 bits per heavy atom. The van der Waals surface area contributed by atoms with Crippen molar-refractivity contribution in [1.29, 1.82) is 0 Å². The second kappa shape index (κ2) is 7.94. The highest BCUT2D eigenvalue weighted by atomic mass is 32.2. The first kappa shape index (κ1) is 16.6. The van der Waals surface area contributed by atoms with Crippen molar-refractivity contribution in [2.75, 3.05) is 28.3 Å². The van der Waals surface area contributed by atoms with Crippen LogP contribution < -0.4 is 9.47 Å². The lowest BCUT2D eigenvalue weighted by Gasteiger charge is -2.16. The highest BCUT2D eigenvalue weighted by Gasteiger charge is 2.16. The SMILES string of the molecule is COc1cc(OC)nc(SC(/C=N/N(C)C)C(C)C)n1. The van der Waals surface area contributed by atoms with Gasteiger partial charge < -0.3 is 14.5 Å². The third kappa shape index (κ3) is 5.24. The van der Waals surface area contributed by atoms with Gasteiger partial charge in [0.25, 0.3) is 0 Å². The normalized spacial score (nSPS) is 12.8. The summed E-state index contributed by atoms with van der Waals surface area (Å²) in [5.41, 5.74) is 0. The van der Waals surface area contributed by atoms with E-state index in [2.05, 4.69) is 28.9 Å². The number of hydrazone groups is 1. The van der Waals surface area contributed by atoms with Crippen LogP contribution in [0.15, 0.2) is 16.3 Å². The fourth-order valence-corrected chi connectivity index (χ4v) is 2.22. The zero-order valence-corrected chi connectivity index (χ0v) is 13.6. The summed E-state index contributed by atoms with van der Waals surface area (Å²) in [7, 11) is 6.93. The Morgan fingerprint density at radius 3 is 2.15 bits per heavy atom. The van der Waals surface area contributed by atoms with Crippen molar-refractivity contribution in [3.63, 3.8) is 0 Å². The fraction of sp³-hybridized carbons (Fsp3) is 0.615. The zero-order valence-electron chi connectivity index (χ0n) is 12.8. The molecule has 0 bridgehead atoms. The summed E-state index contributed by atoms with van der Waals surface area (Å²) in [6, 6.07) is 1.66. The number of nitrogens with zero attached hydrogens (tertiary/aromatic N) is 4. The van der Waals surface area contributed by atoms with Crippen LogP contribution in [-0.4, -0.2) is 54.8 Å². The van der Waals surface area contributed by atoms with Crippen LogP contribution in [0.25, 0.3) is 0 Å². The van der Waals surface area contributed by atoms with Crippen LogP contribution in [0.5, 0.6) is 11.8 Å². The Hall–Kier alpha value is -1.50. The van der Waals surface area contributed by atoms with E-state index in [0.717, 1.165) is 0 Å². The van der Waals surface area contributed by atoms with Crippen LogP contribution >= 0.6 is 11.8 Å². The Morgan fingerprint density at radius 1 is 1.20 bits per heavy atom. The molecule has 0 radical (unpaired) electrons. The molecule has 0 amide bonds. The first-order valence-corrected chi connectivity index (χ1v) is 7.19. The summed E-state index contributed by atoms with van der Waals surface area (Å²) in [5, 5.41) is 6.85. The lowest BCUT2D eigenvalue weighted by molar-refractivity contribution is 0.364. The predicted molar refractivity (Wildman–Crippen MR) is 81.8 cm³/mol. The van der Waals surface area contributed by atoms with Crippen LogP contribution in [-0.2, 0) is 0 Å². The third-order valence-corrected chi connectivity index (χ3v) is 3.75. The topological polar surface area (TPSA) is 59.8 Å². The van der Waals surface area contributed by atoms with Crippen LogP contribution in [0.4, 0.5) is 0 Å². The van der Waals surface area contributed by atoms with Crippen molar-refractivity contribution in [2.24, 2.45) is 11.0 Å². The van der Waals surface area contributed by atoms with Gasteiger partial charge in [-0.2, -0.15) is 15.1 Å². The Labute approximate surface area is 124 Å². The molecule has 0 fully saturated rings. The lowest BCUT2D eigenvalue weighted by atomic mass is 10.1. The molecule has 112 valence electrons. The first-order chi connectivity index (χ1) is 9.46. The standard InChI is InChI=1S/C13H22N4O2S/c1-9(2)10(8-14-17(3)4)20-13-15-11(18-5)7-12(16-13)19-6/h7-10H,1-6H3/b14-8+. The maximum atomic E-state index is 5.15. The van der Waals surface area contributed by atoms with Gasteiger partial charge in [-0.1, -0.05) is 25.6 Å². The van der Waals surface area contributed by atoms with Crippen molar-refractivity contribution in [3.8, 4) is 11.8 Å². The fourth-order valence-electron chi connectivity index (χ4n) is 1.30. The number of aromatic nitrogens is 2. The van der Waals surface area contributed by atoms with Gasteiger partial charge in [0, 0.05) is 20.3 Å². The molecule has 1 aromatic heterocycles. The largest absolute Gasteiger partial charge is 0.481 e. The molecule has 0 aromatic carbocycles. The predicted octanol–water partition coefficient (Wildman–Crippen LogP) is 2.16. The molecule has 0 aliphatic carbocycles. The van der Waals surface area contributed by atoms with Gasteiger partial charge >= 0.3 is 0 Å². The number of thioether (sulfide) groups is 1. The molecule has 1 atom stereocenters. The second-order valence-corrected chi connectivity index (χ2v) is 5.82. The van der Waals surface area contributed by atoms with Crippen molar-refractivity contribution >= 4 is 18.0 Å². The van der Waals surface area contributed by atoms with Gasteiger partial charge in [-0.3, -0.25) is 0 Å². The Kier molecular flexibility index (Phi) is 6.57. The van der Waals surface area contributed by atoms with E-state index in [1.807, 2.05) is 20.3 Å². The van der Waals surface area contributed by atoms with Gasteiger partial charge in [0.15, 0.2) is 5.16 Å². The minimum atomic E-state index is 0.175. The molecule has 6 nitrogen and oxygen atoms in total. The minimum absolute atomic E-state index is 0.175. The van der Waals surface area contributed by atoms with Gasteiger partial charge in [-0.15, -0.1) is 0 Å². The maximum Gasteiger partial charge on any atom is 0.220 e. The number of hydrogen-bond donors (Lipinski definition) is 0. The zero-order chi connectivity index (χ0) is 15.1. The number of methoxy groups -OCH3 is 2. The molecule has 0 N–H and O–H groups in total. The molecule has 0 saturated heterocycles. The van der Waals surface area contributed by atoms with Crippen molar-refractivity contribution in [3.05, 3.63) is 6.07 Å². The molecular weight excluding hydrogens is 276 g/mol. The van der Waals surface area contributed by atoms with E-state index in [9.17, 15) is 0 Å². The molecule has 0 spiro atoms. The maximum absolute atomic E-state index is 5.15. The van der Waals surface area contributed by atoms with Crippen molar-refractivity contribution < 1.29 is 9.47 Å². The van der Waals surface area contributed by atoms with Crippen LogP contribution in [0.2, 0.25) is 0 Å². The molecule has 1 aromatic rings. The summed E-state index contributed by atoms with van der Waals surface area (Å²) < 4.78 is 10.3. The molecule has 0 aliphatic rings. The van der Waals surface area contributed by atoms with E-state index >= 15 is 0 Å². The third-order valence-electron chi connectivity index (χ3n) is 2.42. The Bertz CT molecular complexity index is 430. The minimum Gasteiger partial charge on any atom is -0.481 e. The summed E-state index contributed by atoms with van der Waals surface area (Å²) in [6.45, 7) is 4.27. The molecule has 1 unspecified atom stereocenters. The van der Waals surface area contributed by atoms with E-state index in [4.69, 9.17) is 9.47 Å².